The van der Waals surface area contributed by atoms with E-state index in [0.717, 1.165) is 18.5 Å². The van der Waals surface area contributed by atoms with Crippen molar-refractivity contribution in [2.45, 2.75) is 38.8 Å². The molecule has 0 aromatic heterocycles. The Morgan fingerprint density at radius 3 is 2.35 bits per heavy atom. The Hall–Kier alpha value is -2.36. The summed E-state index contributed by atoms with van der Waals surface area (Å²) in [6.07, 6.45) is 1.82. The zero-order valence-corrected chi connectivity index (χ0v) is 13.6. The lowest BCUT2D eigenvalue weighted by Crippen LogP contribution is -2.42. The van der Waals surface area contributed by atoms with Crippen molar-refractivity contribution in [3.8, 4) is 0 Å². The Morgan fingerprint density at radius 1 is 1.04 bits per heavy atom. The minimum absolute atomic E-state index is 0.0603. The zero-order valence-electron chi connectivity index (χ0n) is 13.6. The number of amides is 1. The van der Waals surface area contributed by atoms with Gasteiger partial charge in [0.05, 0.1) is 0 Å². The predicted octanol–water partition coefficient (Wildman–Crippen LogP) is 3.76. The van der Waals surface area contributed by atoms with Gasteiger partial charge in [0.15, 0.2) is 0 Å². The zero-order chi connectivity index (χ0) is 16.7. The van der Waals surface area contributed by atoms with Crippen LogP contribution in [0.25, 0.3) is 0 Å². The van der Waals surface area contributed by atoms with Gasteiger partial charge in [-0.1, -0.05) is 30.3 Å². The van der Waals surface area contributed by atoms with Crippen LogP contribution in [0.2, 0.25) is 0 Å². The number of anilines is 1. The summed E-state index contributed by atoms with van der Waals surface area (Å²) in [6, 6.07) is 15.9. The van der Waals surface area contributed by atoms with E-state index in [0.29, 0.717) is 0 Å². The average Bonchev–Trinajstić information content (AvgIpc) is 2.56. The number of carbonyl (C=O) groups is 1. The molecule has 0 fully saturated rings. The predicted molar refractivity (Wildman–Crippen MR) is 91.9 cm³/mol. The third-order valence-electron chi connectivity index (χ3n) is 3.72. The second-order valence-electron chi connectivity index (χ2n) is 5.81. The van der Waals surface area contributed by atoms with Crippen molar-refractivity contribution >= 4 is 11.6 Å². The van der Waals surface area contributed by atoms with E-state index < -0.39 is 0 Å². The molecule has 2 N–H and O–H groups in total. The largest absolute Gasteiger partial charge is 0.374 e. The van der Waals surface area contributed by atoms with Crippen molar-refractivity contribution in [1.29, 1.82) is 0 Å². The summed E-state index contributed by atoms with van der Waals surface area (Å²) in [4.78, 5) is 12.2. The van der Waals surface area contributed by atoms with Crippen molar-refractivity contribution in [2.24, 2.45) is 0 Å². The van der Waals surface area contributed by atoms with Gasteiger partial charge in [-0.05, 0) is 56.5 Å². The minimum Gasteiger partial charge on any atom is -0.374 e. The van der Waals surface area contributed by atoms with Crippen LogP contribution in [-0.2, 0) is 11.2 Å². The molecule has 122 valence electrons. The van der Waals surface area contributed by atoms with Crippen LogP contribution in [0.5, 0.6) is 0 Å². The molecule has 0 bridgehead atoms. The lowest BCUT2D eigenvalue weighted by Gasteiger charge is -2.19. The van der Waals surface area contributed by atoms with E-state index in [9.17, 15) is 9.18 Å². The molecule has 0 aliphatic heterocycles. The first-order chi connectivity index (χ1) is 11.0. The molecule has 0 spiro atoms. The van der Waals surface area contributed by atoms with Crippen LogP contribution in [0, 0.1) is 5.82 Å². The molecule has 2 unspecified atom stereocenters. The third kappa shape index (κ3) is 5.74. The van der Waals surface area contributed by atoms with Crippen LogP contribution >= 0.6 is 0 Å². The highest BCUT2D eigenvalue weighted by Crippen LogP contribution is 2.10. The topological polar surface area (TPSA) is 41.1 Å². The van der Waals surface area contributed by atoms with Gasteiger partial charge in [0.2, 0.25) is 5.91 Å². The quantitative estimate of drug-likeness (QED) is 0.817. The summed E-state index contributed by atoms with van der Waals surface area (Å²) in [6.45, 7) is 3.80. The van der Waals surface area contributed by atoms with E-state index in [1.165, 1.54) is 17.7 Å². The minimum atomic E-state index is -0.375. The third-order valence-corrected chi connectivity index (χ3v) is 3.72. The summed E-state index contributed by atoms with van der Waals surface area (Å²) in [5, 5.41) is 6.08. The van der Waals surface area contributed by atoms with Crippen LogP contribution in [0.3, 0.4) is 0 Å². The smallest absolute Gasteiger partial charge is 0.242 e. The average molecular weight is 314 g/mol. The number of hydrogen-bond donors (Lipinski definition) is 2. The lowest BCUT2D eigenvalue weighted by atomic mass is 10.1. The first-order valence-electron chi connectivity index (χ1n) is 7.91. The Balaban J connectivity index is 1.77. The first-order valence-corrected chi connectivity index (χ1v) is 7.91. The molecule has 0 aliphatic carbocycles. The summed E-state index contributed by atoms with van der Waals surface area (Å²) in [7, 11) is 0. The Labute approximate surface area is 136 Å². The molecule has 1 amide bonds. The van der Waals surface area contributed by atoms with Crippen molar-refractivity contribution in [3.63, 3.8) is 0 Å². The molecule has 0 heterocycles. The van der Waals surface area contributed by atoms with Crippen LogP contribution < -0.4 is 10.6 Å². The molecule has 2 aromatic carbocycles. The molecule has 2 rings (SSSR count). The maximum absolute atomic E-state index is 12.9. The van der Waals surface area contributed by atoms with Crippen LogP contribution in [0.15, 0.2) is 54.6 Å². The Morgan fingerprint density at radius 2 is 1.70 bits per heavy atom. The highest BCUT2D eigenvalue weighted by Gasteiger charge is 2.15. The molecular weight excluding hydrogens is 291 g/mol. The van der Waals surface area contributed by atoms with E-state index >= 15 is 0 Å². The molecule has 3 nitrogen and oxygen atoms in total. The normalized spacial score (nSPS) is 13.2. The summed E-state index contributed by atoms with van der Waals surface area (Å²) in [5.41, 5.74) is 2.00. The van der Waals surface area contributed by atoms with E-state index in [1.807, 2.05) is 25.1 Å². The number of halogens is 1. The molecule has 0 radical (unpaired) electrons. The number of carbonyl (C=O) groups excluding carboxylic acids is 1. The number of nitrogens with one attached hydrogen (secondary N) is 2. The monoisotopic (exact) mass is 314 g/mol. The molecule has 23 heavy (non-hydrogen) atoms. The van der Waals surface area contributed by atoms with E-state index in [1.54, 1.807) is 19.1 Å². The van der Waals surface area contributed by atoms with E-state index in [4.69, 9.17) is 0 Å². The van der Waals surface area contributed by atoms with Crippen molar-refractivity contribution in [1.82, 2.24) is 5.32 Å². The van der Waals surface area contributed by atoms with Crippen molar-refractivity contribution in [2.75, 3.05) is 5.32 Å². The SMILES string of the molecule is CC(CCc1ccccc1)NC(=O)C(C)Nc1ccc(F)cc1. The standard InChI is InChI=1S/C19H23FN2O/c1-14(8-9-16-6-4-3-5-7-16)21-19(23)15(2)22-18-12-10-17(20)11-13-18/h3-7,10-15,22H,8-9H2,1-2H3,(H,21,23). The number of benzene rings is 2. The maximum Gasteiger partial charge on any atom is 0.242 e. The summed E-state index contributed by atoms with van der Waals surface area (Å²) < 4.78 is 12.9. The van der Waals surface area contributed by atoms with Gasteiger partial charge in [-0.15, -0.1) is 0 Å². The molecule has 2 atom stereocenters. The molecule has 0 aliphatic rings. The van der Waals surface area contributed by atoms with Gasteiger partial charge in [0.25, 0.3) is 0 Å². The number of aryl methyl sites for hydroxylation is 1. The van der Waals surface area contributed by atoms with Crippen LogP contribution in [0.4, 0.5) is 10.1 Å². The van der Waals surface area contributed by atoms with Gasteiger partial charge in [-0.25, -0.2) is 4.39 Å². The highest BCUT2D eigenvalue weighted by atomic mass is 19.1. The number of rotatable bonds is 7. The van der Waals surface area contributed by atoms with Gasteiger partial charge in [0, 0.05) is 11.7 Å². The summed E-state index contributed by atoms with van der Waals surface area (Å²) >= 11 is 0. The van der Waals surface area contributed by atoms with Crippen LogP contribution in [-0.4, -0.2) is 18.0 Å². The van der Waals surface area contributed by atoms with Gasteiger partial charge in [0.1, 0.15) is 11.9 Å². The molecule has 4 heteroatoms. The Bertz CT molecular complexity index is 613. The second-order valence-corrected chi connectivity index (χ2v) is 5.81. The van der Waals surface area contributed by atoms with E-state index in [2.05, 4.69) is 22.8 Å². The molecule has 0 saturated heterocycles. The fourth-order valence-corrected chi connectivity index (χ4v) is 2.33. The van der Waals surface area contributed by atoms with Crippen LogP contribution in [0.1, 0.15) is 25.8 Å². The van der Waals surface area contributed by atoms with E-state index in [-0.39, 0.29) is 23.8 Å². The number of hydrogen-bond acceptors (Lipinski definition) is 2. The van der Waals surface area contributed by atoms with Crippen molar-refractivity contribution < 1.29 is 9.18 Å². The highest BCUT2D eigenvalue weighted by molar-refractivity contribution is 5.84. The maximum atomic E-state index is 12.9. The lowest BCUT2D eigenvalue weighted by molar-refractivity contribution is -0.122. The van der Waals surface area contributed by atoms with Crippen molar-refractivity contribution in [3.05, 3.63) is 66.0 Å². The Kier molecular flexibility index (Phi) is 6.15. The molecular formula is C19H23FN2O. The van der Waals surface area contributed by atoms with Gasteiger partial charge >= 0.3 is 0 Å². The van der Waals surface area contributed by atoms with Gasteiger partial charge in [-0.2, -0.15) is 0 Å². The molecule has 0 saturated carbocycles. The molecule has 2 aromatic rings. The fraction of sp³-hybridized carbons (Fsp3) is 0.316. The first kappa shape index (κ1) is 17.0. The van der Waals surface area contributed by atoms with Gasteiger partial charge in [-0.3, -0.25) is 4.79 Å². The fourth-order valence-electron chi connectivity index (χ4n) is 2.33. The van der Waals surface area contributed by atoms with Gasteiger partial charge < -0.3 is 10.6 Å². The second kappa shape index (κ2) is 8.32. The summed E-state index contributed by atoms with van der Waals surface area (Å²) in [5.74, 6) is -0.350.